The Labute approximate surface area is 118 Å². The average molecular weight is 286 g/mol. The minimum Gasteiger partial charge on any atom is -0.493 e. The molecule has 0 unspecified atom stereocenters. The second-order valence-corrected chi connectivity index (χ2v) is 4.63. The van der Waals surface area contributed by atoms with Crippen LogP contribution in [0.3, 0.4) is 0 Å². The molecule has 0 saturated carbocycles. The second-order valence-electron chi connectivity index (χ2n) is 4.02. The first-order valence-electron chi connectivity index (χ1n) is 5.84. The van der Waals surface area contributed by atoms with E-state index in [-0.39, 0.29) is 11.5 Å². The molecule has 20 heavy (non-hydrogen) atoms. The molecule has 5 nitrogen and oxygen atoms in total. The SMILES string of the molecule is COc1cccc2cc(C(=O)/C=C/c3csnn3)oc12. The lowest BCUT2D eigenvalue weighted by Crippen LogP contribution is -1.90. The number of carbonyl (C=O) groups is 1. The van der Waals surface area contributed by atoms with Crippen molar-refractivity contribution in [1.29, 1.82) is 0 Å². The Balaban J connectivity index is 1.92. The van der Waals surface area contributed by atoms with E-state index in [0.717, 1.165) is 5.39 Å². The lowest BCUT2D eigenvalue weighted by molar-refractivity contribution is 0.102. The molecule has 0 aliphatic rings. The number of fused-ring (bicyclic) bond motifs is 1. The third-order valence-corrected chi connectivity index (χ3v) is 3.28. The van der Waals surface area contributed by atoms with E-state index in [1.807, 2.05) is 12.1 Å². The summed E-state index contributed by atoms with van der Waals surface area (Å²) in [6, 6.07) is 7.20. The maximum absolute atomic E-state index is 12.0. The monoisotopic (exact) mass is 286 g/mol. The van der Waals surface area contributed by atoms with Crippen molar-refractivity contribution in [2.45, 2.75) is 0 Å². The lowest BCUT2D eigenvalue weighted by atomic mass is 10.2. The highest BCUT2D eigenvalue weighted by molar-refractivity contribution is 7.03. The molecule has 0 radical (unpaired) electrons. The van der Waals surface area contributed by atoms with Gasteiger partial charge in [-0.1, -0.05) is 16.6 Å². The Hall–Kier alpha value is -2.47. The lowest BCUT2D eigenvalue weighted by Gasteiger charge is -1.98. The quantitative estimate of drug-likeness (QED) is 0.544. The number of rotatable bonds is 4. The fourth-order valence-corrected chi connectivity index (χ4v) is 2.23. The number of hydrogen-bond donors (Lipinski definition) is 0. The highest BCUT2D eigenvalue weighted by Crippen LogP contribution is 2.28. The van der Waals surface area contributed by atoms with E-state index >= 15 is 0 Å². The molecule has 0 aliphatic carbocycles. The van der Waals surface area contributed by atoms with Crippen LogP contribution >= 0.6 is 11.5 Å². The molecule has 6 heteroatoms. The number of furan rings is 1. The highest BCUT2D eigenvalue weighted by atomic mass is 32.1. The van der Waals surface area contributed by atoms with Crippen LogP contribution in [0.1, 0.15) is 16.2 Å². The molecule has 0 atom stereocenters. The molecule has 0 fully saturated rings. The van der Waals surface area contributed by atoms with Gasteiger partial charge in [-0.15, -0.1) is 5.10 Å². The molecule has 0 aliphatic heterocycles. The number of benzene rings is 1. The summed E-state index contributed by atoms with van der Waals surface area (Å²) < 4.78 is 14.5. The Bertz CT molecular complexity index is 775. The minimum atomic E-state index is -0.226. The average Bonchev–Trinajstić information content (AvgIpc) is 3.12. The van der Waals surface area contributed by atoms with Gasteiger partial charge < -0.3 is 9.15 Å². The molecule has 3 aromatic rings. The van der Waals surface area contributed by atoms with Gasteiger partial charge in [-0.2, -0.15) is 0 Å². The van der Waals surface area contributed by atoms with Gasteiger partial charge in [0.2, 0.25) is 5.78 Å². The fourth-order valence-electron chi connectivity index (χ4n) is 1.81. The zero-order valence-electron chi connectivity index (χ0n) is 10.6. The summed E-state index contributed by atoms with van der Waals surface area (Å²) in [4.78, 5) is 12.0. The highest BCUT2D eigenvalue weighted by Gasteiger charge is 2.12. The first-order valence-corrected chi connectivity index (χ1v) is 6.67. The Morgan fingerprint density at radius 3 is 3.10 bits per heavy atom. The van der Waals surface area contributed by atoms with Gasteiger partial charge in [-0.25, -0.2) is 0 Å². The molecule has 0 amide bonds. The van der Waals surface area contributed by atoms with Crippen LogP contribution in [0.4, 0.5) is 0 Å². The number of carbonyl (C=O) groups excluding carboxylic acids is 1. The van der Waals surface area contributed by atoms with E-state index in [2.05, 4.69) is 9.59 Å². The molecule has 0 spiro atoms. The number of ether oxygens (including phenoxy) is 1. The molecule has 100 valence electrons. The van der Waals surface area contributed by atoms with Crippen LogP contribution in [0.5, 0.6) is 5.75 Å². The molecule has 1 aromatic carbocycles. The molecule has 0 bridgehead atoms. The maximum Gasteiger partial charge on any atom is 0.221 e. The minimum absolute atomic E-state index is 0.226. The van der Waals surface area contributed by atoms with Gasteiger partial charge in [0.15, 0.2) is 17.1 Å². The zero-order chi connectivity index (χ0) is 13.9. The Kier molecular flexibility index (Phi) is 3.30. The van der Waals surface area contributed by atoms with Crippen molar-refractivity contribution in [2.75, 3.05) is 7.11 Å². The van der Waals surface area contributed by atoms with Gasteiger partial charge >= 0.3 is 0 Å². The van der Waals surface area contributed by atoms with Crippen molar-refractivity contribution < 1.29 is 13.9 Å². The van der Waals surface area contributed by atoms with Gasteiger partial charge in [0.1, 0.15) is 0 Å². The molecule has 2 heterocycles. The van der Waals surface area contributed by atoms with Gasteiger partial charge in [0.05, 0.1) is 12.8 Å². The van der Waals surface area contributed by atoms with Crippen molar-refractivity contribution in [3.63, 3.8) is 0 Å². The number of methoxy groups -OCH3 is 1. The van der Waals surface area contributed by atoms with Crippen LogP contribution in [0.25, 0.3) is 17.0 Å². The Morgan fingerprint density at radius 1 is 1.45 bits per heavy atom. The first-order chi connectivity index (χ1) is 9.78. The number of hydrogen-bond acceptors (Lipinski definition) is 6. The van der Waals surface area contributed by atoms with Crippen molar-refractivity contribution in [1.82, 2.24) is 9.59 Å². The standard InChI is InChI=1S/C14H10N2O3S/c1-18-12-4-2-3-9-7-13(19-14(9)12)11(17)6-5-10-8-20-16-15-10/h2-8H,1H3/b6-5+. The van der Waals surface area contributed by atoms with Crippen molar-refractivity contribution in [3.05, 3.63) is 47.2 Å². The number of nitrogens with zero attached hydrogens (tertiary/aromatic N) is 2. The smallest absolute Gasteiger partial charge is 0.221 e. The van der Waals surface area contributed by atoms with E-state index in [1.54, 1.807) is 30.7 Å². The third-order valence-electron chi connectivity index (χ3n) is 2.75. The number of ketones is 1. The molecule has 2 aromatic heterocycles. The van der Waals surface area contributed by atoms with Crippen molar-refractivity contribution in [3.8, 4) is 5.75 Å². The van der Waals surface area contributed by atoms with E-state index < -0.39 is 0 Å². The summed E-state index contributed by atoms with van der Waals surface area (Å²) in [5, 5.41) is 6.42. The number of aromatic nitrogens is 2. The summed E-state index contributed by atoms with van der Waals surface area (Å²) in [5.41, 5.74) is 1.22. The van der Waals surface area contributed by atoms with Crippen molar-refractivity contribution in [2.24, 2.45) is 0 Å². The summed E-state index contributed by atoms with van der Waals surface area (Å²) >= 11 is 1.23. The summed E-state index contributed by atoms with van der Waals surface area (Å²) in [5.74, 6) is 0.648. The van der Waals surface area contributed by atoms with E-state index in [0.29, 0.717) is 17.0 Å². The summed E-state index contributed by atoms with van der Waals surface area (Å²) in [6.07, 6.45) is 3.02. The van der Waals surface area contributed by atoms with Crippen molar-refractivity contribution >= 4 is 34.4 Å². The van der Waals surface area contributed by atoms with Gasteiger partial charge in [-0.05, 0) is 35.8 Å². The molecule has 0 saturated heterocycles. The number of para-hydroxylation sites is 1. The van der Waals surface area contributed by atoms with E-state index in [4.69, 9.17) is 9.15 Å². The van der Waals surface area contributed by atoms with Gasteiger partial charge in [0, 0.05) is 10.8 Å². The third kappa shape index (κ3) is 2.33. The molecular weight excluding hydrogens is 276 g/mol. The van der Waals surface area contributed by atoms with Crippen LogP contribution in [-0.2, 0) is 0 Å². The zero-order valence-corrected chi connectivity index (χ0v) is 11.4. The second kappa shape index (κ2) is 5.26. The molecule has 3 rings (SSSR count). The predicted molar refractivity (Wildman–Crippen MR) is 76.0 cm³/mol. The van der Waals surface area contributed by atoms with E-state index in [9.17, 15) is 4.79 Å². The predicted octanol–water partition coefficient (Wildman–Crippen LogP) is 3.19. The summed E-state index contributed by atoms with van der Waals surface area (Å²) in [7, 11) is 1.56. The number of allylic oxidation sites excluding steroid dienone is 1. The van der Waals surface area contributed by atoms with Crippen LogP contribution < -0.4 is 4.74 Å². The first kappa shape index (κ1) is 12.6. The topological polar surface area (TPSA) is 65.2 Å². The van der Waals surface area contributed by atoms with Crippen LogP contribution in [0.2, 0.25) is 0 Å². The maximum atomic E-state index is 12.0. The van der Waals surface area contributed by atoms with Crippen LogP contribution in [-0.4, -0.2) is 22.5 Å². The fraction of sp³-hybridized carbons (Fsp3) is 0.0714. The molecular formula is C14H10N2O3S. The normalized spacial score (nSPS) is 11.2. The van der Waals surface area contributed by atoms with Crippen LogP contribution in [0.15, 0.2) is 40.1 Å². The summed E-state index contributed by atoms with van der Waals surface area (Å²) in [6.45, 7) is 0. The van der Waals surface area contributed by atoms with Gasteiger partial charge in [-0.3, -0.25) is 4.79 Å². The van der Waals surface area contributed by atoms with Gasteiger partial charge in [0.25, 0.3) is 0 Å². The largest absolute Gasteiger partial charge is 0.493 e. The Morgan fingerprint density at radius 2 is 2.35 bits per heavy atom. The molecule has 0 N–H and O–H groups in total. The van der Waals surface area contributed by atoms with E-state index in [1.165, 1.54) is 17.6 Å². The van der Waals surface area contributed by atoms with Crippen LogP contribution in [0, 0.1) is 0 Å².